The van der Waals surface area contributed by atoms with E-state index in [1.165, 1.54) is 0 Å². The fourth-order valence-electron chi connectivity index (χ4n) is 2.16. The highest BCUT2D eigenvalue weighted by atomic mass is 16.2. The molecular formula is C13H21N5O. The second kappa shape index (κ2) is 6.58. The van der Waals surface area contributed by atoms with Crippen LogP contribution in [0.2, 0.25) is 0 Å². The molecule has 0 bridgehead atoms. The van der Waals surface area contributed by atoms with Crippen molar-refractivity contribution in [3.05, 3.63) is 23.8 Å². The molecule has 104 valence electrons. The van der Waals surface area contributed by atoms with Crippen LogP contribution < -0.4 is 11.1 Å². The van der Waals surface area contributed by atoms with Gasteiger partial charge in [0.05, 0.1) is 18.8 Å². The summed E-state index contributed by atoms with van der Waals surface area (Å²) < 4.78 is 0. The number of aryl methyl sites for hydroxylation is 1. The molecule has 0 atom stereocenters. The van der Waals surface area contributed by atoms with Crippen molar-refractivity contribution in [3.63, 3.8) is 0 Å². The Hall–Kier alpha value is -1.53. The van der Waals surface area contributed by atoms with E-state index in [1.54, 1.807) is 6.20 Å². The molecule has 2 rings (SSSR count). The summed E-state index contributed by atoms with van der Waals surface area (Å²) in [6, 6.07) is 2.11. The smallest absolute Gasteiger partial charge is 0.234 e. The molecule has 2 heterocycles. The molecule has 0 spiro atoms. The first-order valence-electron chi connectivity index (χ1n) is 6.66. The highest BCUT2D eigenvalue weighted by Crippen LogP contribution is 2.07. The van der Waals surface area contributed by atoms with Gasteiger partial charge in [-0.15, -0.1) is 0 Å². The van der Waals surface area contributed by atoms with Crippen molar-refractivity contribution in [2.45, 2.75) is 32.4 Å². The SMILES string of the molecule is Cc1nccc(CNC(=O)CN2CCC(N)CC2)n1. The van der Waals surface area contributed by atoms with Gasteiger partial charge in [0.15, 0.2) is 0 Å². The molecule has 3 N–H and O–H groups in total. The third-order valence-corrected chi connectivity index (χ3v) is 3.30. The Morgan fingerprint density at radius 2 is 2.26 bits per heavy atom. The Labute approximate surface area is 113 Å². The second-order valence-electron chi connectivity index (χ2n) is 4.99. The number of carbonyl (C=O) groups excluding carboxylic acids is 1. The third kappa shape index (κ3) is 4.57. The van der Waals surface area contributed by atoms with Gasteiger partial charge in [0.25, 0.3) is 0 Å². The van der Waals surface area contributed by atoms with Gasteiger partial charge >= 0.3 is 0 Å². The van der Waals surface area contributed by atoms with Gasteiger partial charge in [-0.3, -0.25) is 9.69 Å². The summed E-state index contributed by atoms with van der Waals surface area (Å²) in [5.41, 5.74) is 6.67. The number of nitrogens with zero attached hydrogens (tertiary/aromatic N) is 3. The molecule has 19 heavy (non-hydrogen) atoms. The number of carbonyl (C=O) groups is 1. The van der Waals surface area contributed by atoms with E-state index >= 15 is 0 Å². The zero-order valence-corrected chi connectivity index (χ0v) is 11.3. The molecule has 0 radical (unpaired) electrons. The Balaban J connectivity index is 1.73. The fourth-order valence-corrected chi connectivity index (χ4v) is 2.16. The minimum absolute atomic E-state index is 0.0340. The van der Waals surface area contributed by atoms with E-state index in [0.29, 0.717) is 19.1 Å². The van der Waals surface area contributed by atoms with E-state index in [1.807, 2.05) is 13.0 Å². The molecule has 1 aliphatic rings. The van der Waals surface area contributed by atoms with Gasteiger partial charge < -0.3 is 11.1 Å². The van der Waals surface area contributed by atoms with E-state index in [0.717, 1.165) is 37.4 Å². The number of aromatic nitrogens is 2. The molecule has 6 nitrogen and oxygen atoms in total. The van der Waals surface area contributed by atoms with Crippen LogP contribution in [0.15, 0.2) is 12.3 Å². The molecule has 1 aromatic heterocycles. The van der Waals surface area contributed by atoms with Gasteiger partial charge in [0.2, 0.25) is 5.91 Å². The second-order valence-corrected chi connectivity index (χ2v) is 4.99. The van der Waals surface area contributed by atoms with Gasteiger partial charge in [0.1, 0.15) is 5.82 Å². The maximum atomic E-state index is 11.8. The van der Waals surface area contributed by atoms with E-state index < -0.39 is 0 Å². The summed E-state index contributed by atoms with van der Waals surface area (Å²) in [6.07, 6.45) is 3.65. The van der Waals surface area contributed by atoms with Crippen molar-refractivity contribution in [3.8, 4) is 0 Å². The molecule has 0 aromatic carbocycles. The summed E-state index contributed by atoms with van der Waals surface area (Å²) in [6.45, 7) is 4.54. The van der Waals surface area contributed by atoms with E-state index in [2.05, 4.69) is 20.2 Å². The van der Waals surface area contributed by atoms with Crippen LogP contribution in [-0.4, -0.2) is 46.5 Å². The number of hydrogen-bond acceptors (Lipinski definition) is 5. The predicted octanol–water partition coefficient (Wildman–Crippen LogP) is -0.176. The number of piperidine rings is 1. The normalized spacial score (nSPS) is 17.4. The minimum atomic E-state index is 0.0340. The minimum Gasteiger partial charge on any atom is -0.349 e. The van der Waals surface area contributed by atoms with Crippen LogP contribution in [0.3, 0.4) is 0 Å². The van der Waals surface area contributed by atoms with Crippen molar-refractivity contribution in [2.24, 2.45) is 5.73 Å². The number of rotatable bonds is 4. The molecule has 0 aliphatic carbocycles. The van der Waals surface area contributed by atoms with Gasteiger partial charge in [-0.1, -0.05) is 0 Å². The van der Waals surface area contributed by atoms with Crippen molar-refractivity contribution >= 4 is 5.91 Å². The lowest BCUT2D eigenvalue weighted by Crippen LogP contribution is -2.44. The molecule has 1 saturated heterocycles. The number of likely N-dealkylation sites (tertiary alicyclic amines) is 1. The zero-order chi connectivity index (χ0) is 13.7. The largest absolute Gasteiger partial charge is 0.349 e. The monoisotopic (exact) mass is 263 g/mol. The van der Waals surface area contributed by atoms with E-state index in [9.17, 15) is 4.79 Å². The van der Waals surface area contributed by atoms with Crippen molar-refractivity contribution in [1.29, 1.82) is 0 Å². The summed E-state index contributed by atoms with van der Waals surface area (Å²) in [5.74, 6) is 0.753. The standard InChI is InChI=1S/C13H21N5O/c1-10-15-5-2-12(17-10)8-16-13(19)9-18-6-3-11(14)4-7-18/h2,5,11H,3-4,6-9,14H2,1H3,(H,16,19). The predicted molar refractivity (Wildman–Crippen MR) is 72.3 cm³/mol. The highest BCUT2D eigenvalue weighted by Gasteiger charge is 2.17. The Morgan fingerprint density at radius 1 is 1.53 bits per heavy atom. The van der Waals surface area contributed by atoms with Crippen molar-refractivity contribution in [2.75, 3.05) is 19.6 Å². The zero-order valence-electron chi connectivity index (χ0n) is 11.3. The number of nitrogens with one attached hydrogen (secondary N) is 1. The highest BCUT2D eigenvalue weighted by molar-refractivity contribution is 5.77. The summed E-state index contributed by atoms with van der Waals surface area (Å²) in [4.78, 5) is 22.2. The van der Waals surface area contributed by atoms with Crippen molar-refractivity contribution in [1.82, 2.24) is 20.2 Å². The number of hydrogen-bond donors (Lipinski definition) is 2. The first-order valence-corrected chi connectivity index (χ1v) is 6.66. The lowest BCUT2D eigenvalue weighted by molar-refractivity contribution is -0.122. The summed E-state index contributed by atoms with van der Waals surface area (Å²) in [7, 11) is 0. The average molecular weight is 263 g/mol. The molecular weight excluding hydrogens is 242 g/mol. The third-order valence-electron chi connectivity index (χ3n) is 3.30. The van der Waals surface area contributed by atoms with Crippen LogP contribution in [0, 0.1) is 6.92 Å². The first kappa shape index (κ1) is 13.9. The van der Waals surface area contributed by atoms with Gasteiger partial charge in [-0.2, -0.15) is 0 Å². The Morgan fingerprint density at radius 3 is 2.95 bits per heavy atom. The van der Waals surface area contributed by atoms with Crippen LogP contribution >= 0.6 is 0 Å². The Kier molecular flexibility index (Phi) is 4.81. The van der Waals surface area contributed by atoms with Crippen LogP contribution in [0.1, 0.15) is 24.4 Å². The van der Waals surface area contributed by atoms with Gasteiger partial charge in [-0.05, 0) is 25.8 Å². The van der Waals surface area contributed by atoms with Crippen LogP contribution in [0.4, 0.5) is 0 Å². The number of nitrogens with two attached hydrogens (primary N) is 1. The molecule has 1 aromatic rings. The molecule has 1 aliphatic heterocycles. The maximum Gasteiger partial charge on any atom is 0.234 e. The Bertz CT molecular complexity index is 429. The molecule has 6 heteroatoms. The lowest BCUT2D eigenvalue weighted by Gasteiger charge is -2.29. The topological polar surface area (TPSA) is 84.1 Å². The number of amides is 1. The average Bonchev–Trinajstić information content (AvgIpc) is 2.39. The first-order chi connectivity index (χ1) is 9.13. The van der Waals surface area contributed by atoms with Crippen LogP contribution in [-0.2, 0) is 11.3 Å². The van der Waals surface area contributed by atoms with Crippen molar-refractivity contribution < 1.29 is 4.79 Å². The molecule has 1 fully saturated rings. The van der Waals surface area contributed by atoms with Gasteiger partial charge in [0, 0.05) is 25.3 Å². The quantitative estimate of drug-likeness (QED) is 0.787. The summed E-state index contributed by atoms with van der Waals surface area (Å²) in [5, 5.41) is 2.88. The molecule has 0 saturated carbocycles. The fraction of sp³-hybridized carbons (Fsp3) is 0.615. The summed E-state index contributed by atoms with van der Waals surface area (Å²) >= 11 is 0. The van der Waals surface area contributed by atoms with Crippen LogP contribution in [0.25, 0.3) is 0 Å². The van der Waals surface area contributed by atoms with Gasteiger partial charge in [-0.25, -0.2) is 9.97 Å². The van der Waals surface area contributed by atoms with Crippen LogP contribution in [0.5, 0.6) is 0 Å². The molecule has 1 amide bonds. The van der Waals surface area contributed by atoms with E-state index in [-0.39, 0.29) is 5.91 Å². The van der Waals surface area contributed by atoms with E-state index in [4.69, 9.17) is 5.73 Å². The molecule has 0 unspecified atom stereocenters. The lowest BCUT2D eigenvalue weighted by atomic mass is 10.1. The maximum absolute atomic E-state index is 11.8.